The Balaban J connectivity index is 1.62. The first-order chi connectivity index (χ1) is 16.0. The fraction of sp³-hybridized carbons (Fsp3) is 0.130. The van der Waals surface area contributed by atoms with Gasteiger partial charge in [-0.1, -0.05) is 23.9 Å². The van der Waals surface area contributed by atoms with E-state index in [1.807, 2.05) is 5.38 Å². The molecule has 0 fully saturated rings. The minimum atomic E-state index is -0.545. The van der Waals surface area contributed by atoms with Gasteiger partial charge in [-0.05, 0) is 47.8 Å². The monoisotopic (exact) mass is 481 g/mol. The van der Waals surface area contributed by atoms with Gasteiger partial charge in [-0.15, -0.1) is 11.3 Å². The van der Waals surface area contributed by atoms with E-state index in [0.29, 0.717) is 32.5 Å². The maximum absolute atomic E-state index is 13.2. The van der Waals surface area contributed by atoms with E-state index in [2.05, 4.69) is 10.3 Å². The van der Waals surface area contributed by atoms with Gasteiger partial charge in [-0.3, -0.25) is 14.2 Å². The molecule has 10 heteroatoms. The zero-order chi connectivity index (χ0) is 23.4. The van der Waals surface area contributed by atoms with Crippen molar-refractivity contribution in [2.24, 2.45) is 0 Å². The number of aromatic nitrogens is 2. The number of nitrogens with one attached hydrogen (secondary N) is 1. The van der Waals surface area contributed by atoms with E-state index in [4.69, 9.17) is 9.47 Å². The Hall–Kier alpha value is -3.63. The van der Waals surface area contributed by atoms with Gasteiger partial charge in [-0.2, -0.15) is 0 Å². The van der Waals surface area contributed by atoms with E-state index in [0.717, 1.165) is 11.8 Å². The van der Waals surface area contributed by atoms with Crippen molar-refractivity contribution >= 4 is 50.9 Å². The number of methoxy groups -OCH3 is 2. The predicted octanol–water partition coefficient (Wildman–Crippen LogP) is 3.97. The van der Waals surface area contributed by atoms with Gasteiger partial charge >= 0.3 is 5.97 Å². The molecule has 0 aliphatic rings. The summed E-state index contributed by atoms with van der Waals surface area (Å²) in [6.07, 6.45) is 0. The van der Waals surface area contributed by atoms with Crippen molar-refractivity contribution in [1.82, 2.24) is 9.55 Å². The van der Waals surface area contributed by atoms with Crippen molar-refractivity contribution in [3.05, 3.63) is 75.9 Å². The lowest BCUT2D eigenvalue weighted by molar-refractivity contribution is -0.113. The molecule has 4 aromatic rings. The number of carbonyl (C=O) groups is 2. The number of rotatable bonds is 7. The second-order valence-electron chi connectivity index (χ2n) is 6.74. The van der Waals surface area contributed by atoms with E-state index < -0.39 is 5.97 Å². The standard InChI is InChI=1S/C23H19N3O5S2/c1-30-15-9-7-14(8-10-15)26-21(28)20-18(11-12-32-20)25-23(26)33-13-19(27)24-17-6-4-3-5-16(17)22(29)31-2/h3-12H,13H2,1-2H3,(H,24,27). The van der Waals surface area contributed by atoms with Crippen molar-refractivity contribution in [2.75, 3.05) is 25.3 Å². The maximum Gasteiger partial charge on any atom is 0.339 e. The molecule has 33 heavy (non-hydrogen) atoms. The average molecular weight is 482 g/mol. The van der Waals surface area contributed by atoms with Crippen molar-refractivity contribution in [3.63, 3.8) is 0 Å². The van der Waals surface area contributed by atoms with Crippen LogP contribution in [0.15, 0.2) is 69.9 Å². The Morgan fingerprint density at radius 3 is 2.58 bits per heavy atom. The lowest BCUT2D eigenvalue weighted by atomic mass is 10.2. The van der Waals surface area contributed by atoms with Crippen LogP contribution in [0.25, 0.3) is 15.9 Å². The fourth-order valence-corrected chi connectivity index (χ4v) is 4.72. The number of esters is 1. The highest BCUT2D eigenvalue weighted by Crippen LogP contribution is 2.25. The first-order valence-electron chi connectivity index (χ1n) is 9.76. The van der Waals surface area contributed by atoms with Crippen LogP contribution in [0.3, 0.4) is 0 Å². The van der Waals surface area contributed by atoms with Crippen LogP contribution in [0, 0.1) is 0 Å². The van der Waals surface area contributed by atoms with Crippen LogP contribution < -0.4 is 15.6 Å². The number of hydrogen-bond acceptors (Lipinski definition) is 8. The Bertz CT molecular complexity index is 1380. The number of carbonyl (C=O) groups excluding carboxylic acids is 2. The number of hydrogen-bond donors (Lipinski definition) is 1. The summed E-state index contributed by atoms with van der Waals surface area (Å²) in [6.45, 7) is 0. The predicted molar refractivity (Wildman–Crippen MR) is 129 cm³/mol. The Kier molecular flexibility index (Phi) is 6.76. The second-order valence-corrected chi connectivity index (χ2v) is 8.60. The van der Waals surface area contributed by atoms with Crippen molar-refractivity contribution in [3.8, 4) is 11.4 Å². The molecule has 0 saturated heterocycles. The number of benzene rings is 2. The SMILES string of the molecule is COC(=O)c1ccccc1NC(=O)CSc1nc2ccsc2c(=O)n1-c1ccc(OC)cc1. The normalized spacial score (nSPS) is 10.7. The van der Waals surface area contributed by atoms with E-state index in [1.54, 1.807) is 61.7 Å². The van der Waals surface area contributed by atoms with Gasteiger partial charge in [0.15, 0.2) is 5.16 Å². The van der Waals surface area contributed by atoms with Crippen LogP contribution in [0.5, 0.6) is 5.75 Å². The molecule has 0 bridgehead atoms. The van der Waals surface area contributed by atoms with E-state index in [9.17, 15) is 14.4 Å². The third-order valence-corrected chi connectivity index (χ3v) is 6.55. The molecule has 0 spiro atoms. The van der Waals surface area contributed by atoms with Crippen LogP contribution in [0.1, 0.15) is 10.4 Å². The highest BCUT2D eigenvalue weighted by Gasteiger charge is 2.17. The summed E-state index contributed by atoms with van der Waals surface area (Å²) in [6, 6.07) is 15.4. The molecule has 1 amide bonds. The van der Waals surface area contributed by atoms with Crippen LogP contribution in [0.4, 0.5) is 5.69 Å². The average Bonchev–Trinajstić information content (AvgIpc) is 3.32. The van der Waals surface area contributed by atoms with Crippen molar-refractivity contribution < 1.29 is 19.1 Å². The van der Waals surface area contributed by atoms with Crippen molar-refractivity contribution in [1.29, 1.82) is 0 Å². The number of anilines is 1. The summed E-state index contributed by atoms with van der Waals surface area (Å²) in [5.41, 5.74) is 1.59. The van der Waals surface area contributed by atoms with Crippen LogP contribution in [-0.4, -0.2) is 41.4 Å². The minimum absolute atomic E-state index is 0.0201. The van der Waals surface area contributed by atoms with E-state index in [1.165, 1.54) is 23.0 Å². The van der Waals surface area contributed by atoms with Gasteiger partial charge < -0.3 is 14.8 Å². The number of amides is 1. The quantitative estimate of drug-likeness (QED) is 0.242. The molecule has 0 radical (unpaired) electrons. The molecule has 0 atom stereocenters. The van der Waals surface area contributed by atoms with Crippen LogP contribution in [0.2, 0.25) is 0 Å². The van der Waals surface area contributed by atoms with Gasteiger partial charge in [0.25, 0.3) is 5.56 Å². The largest absolute Gasteiger partial charge is 0.497 e. The number of thiophene rings is 1. The maximum atomic E-state index is 13.2. The molecule has 168 valence electrons. The molecule has 0 aliphatic heterocycles. The number of fused-ring (bicyclic) bond motifs is 1. The zero-order valence-electron chi connectivity index (χ0n) is 17.7. The minimum Gasteiger partial charge on any atom is -0.497 e. The molecule has 0 aliphatic carbocycles. The number of para-hydroxylation sites is 1. The third kappa shape index (κ3) is 4.76. The smallest absolute Gasteiger partial charge is 0.339 e. The molecule has 1 N–H and O–H groups in total. The highest BCUT2D eigenvalue weighted by molar-refractivity contribution is 7.99. The number of ether oxygens (including phenoxy) is 2. The second kappa shape index (κ2) is 9.88. The third-order valence-electron chi connectivity index (χ3n) is 4.72. The molecule has 2 aromatic heterocycles. The molecule has 2 aromatic carbocycles. The molecule has 4 rings (SSSR count). The van der Waals surface area contributed by atoms with E-state index >= 15 is 0 Å². The van der Waals surface area contributed by atoms with Gasteiger partial charge in [-0.25, -0.2) is 9.78 Å². The molecule has 2 heterocycles. The number of nitrogens with zero attached hydrogens (tertiary/aromatic N) is 2. The zero-order valence-corrected chi connectivity index (χ0v) is 19.4. The molecule has 0 saturated carbocycles. The summed E-state index contributed by atoms with van der Waals surface area (Å²) in [4.78, 5) is 42.4. The topological polar surface area (TPSA) is 99.5 Å². The van der Waals surface area contributed by atoms with Crippen LogP contribution in [-0.2, 0) is 9.53 Å². The van der Waals surface area contributed by atoms with E-state index in [-0.39, 0.29) is 22.8 Å². The summed E-state index contributed by atoms with van der Waals surface area (Å²) in [5, 5.41) is 4.92. The summed E-state index contributed by atoms with van der Waals surface area (Å²) in [7, 11) is 2.85. The van der Waals surface area contributed by atoms with Crippen LogP contribution >= 0.6 is 23.1 Å². The Morgan fingerprint density at radius 2 is 1.85 bits per heavy atom. The number of thioether (sulfide) groups is 1. The van der Waals surface area contributed by atoms with Gasteiger partial charge in [0, 0.05) is 0 Å². The van der Waals surface area contributed by atoms with Gasteiger partial charge in [0.1, 0.15) is 10.4 Å². The molecular formula is C23H19N3O5S2. The van der Waals surface area contributed by atoms with Gasteiger partial charge in [0.2, 0.25) is 5.91 Å². The summed E-state index contributed by atoms with van der Waals surface area (Å²) < 4.78 is 12.0. The molecule has 0 unspecified atom stereocenters. The summed E-state index contributed by atoms with van der Waals surface area (Å²) >= 11 is 2.45. The van der Waals surface area contributed by atoms with Gasteiger partial charge in [0.05, 0.1) is 42.4 Å². The lowest BCUT2D eigenvalue weighted by Gasteiger charge is -2.13. The first-order valence-corrected chi connectivity index (χ1v) is 11.6. The lowest BCUT2D eigenvalue weighted by Crippen LogP contribution is -2.22. The van der Waals surface area contributed by atoms with Crippen molar-refractivity contribution in [2.45, 2.75) is 5.16 Å². The first kappa shape index (κ1) is 22.6. The summed E-state index contributed by atoms with van der Waals surface area (Å²) in [5.74, 6) is -0.253. The fourth-order valence-electron chi connectivity index (χ4n) is 3.14. The molecular weight excluding hydrogens is 462 g/mol. The molecule has 8 nitrogen and oxygen atoms in total. The Labute approximate surface area is 197 Å². The Morgan fingerprint density at radius 1 is 1.09 bits per heavy atom. The highest BCUT2D eigenvalue weighted by atomic mass is 32.2.